The average molecular weight is 366 g/mol. The molecule has 2 N–H and O–H groups in total. The molecule has 0 fully saturated rings. The van der Waals surface area contributed by atoms with E-state index >= 15 is 0 Å². The molecule has 0 saturated heterocycles. The summed E-state index contributed by atoms with van der Waals surface area (Å²) in [6.07, 6.45) is 3.34. The van der Waals surface area contributed by atoms with Gasteiger partial charge in [0.25, 0.3) is 0 Å². The molecule has 1 amide bonds. The second-order valence-electron chi connectivity index (χ2n) is 7.04. The number of carbonyl (C=O) groups excluding carboxylic acids is 1. The molecule has 7 nitrogen and oxygen atoms in total. The number of hydrogen-bond donors (Lipinski definition) is 2. The Morgan fingerprint density at radius 3 is 2.37 bits per heavy atom. The van der Waals surface area contributed by atoms with Gasteiger partial charge in [0.05, 0.1) is 6.54 Å². The number of pyridine rings is 1. The second kappa shape index (κ2) is 7.90. The van der Waals surface area contributed by atoms with Crippen molar-refractivity contribution in [1.82, 2.24) is 10.1 Å². The Morgan fingerprint density at radius 1 is 1.07 bits per heavy atom. The maximum absolute atomic E-state index is 12.1. The summed E-state index contributed by atoms with van der Waals surface area (Å²) in [7, 11) is 0. The molecule has 0 radical (unpaired) electrons. The van der Waals surface area contributed by atoms with Gasteiger partial charge in [-0.25, -0.2) is 0 Å². The lowest BCUT2D eigenvalue weighted by atomic mass is 9.93. The highest BCUT2D eigenvalue weighted by atomic mass is 16.5. The van der Waals surface area contributed by atoms with Gasteiger partial charge in [-0.15, -0.1) is 0 Å². The van der Waals surface area contributed by atoms with Crippen LogP contribution < -0.4 is 15.4 Å². The lowest BCUT2D eigenvalue weighted by Crippen LogP contribution is -2.21. The molecule has 27 heavy (non-hydrogen) atoms. The quantitative estimate of drug-likeness (QED) is 0.679. The first-order valence-corrected chi connectivity index (χ1v) is 8.59. The Kier molecular flexibility index (Phi) is 5.40. The molecule has 140 valence electrons. The fraction of sp³-hybridized carbons (Fsp3) is 0.250. The van der Waals surface area contributed by atoms with Crippen LogP contribution in [0.15, 0.2) is 59.4 Å². The van der Waals surface area contributed by atoms with Crippen molar-refractivity contribution in [2.45, 2.75) is 26.2 Å². The van der Waals surface area contributed by atoms with Gasteiger partial charge in [0.2, 0.25) is 5.91 Å². The van der Waals surface area contributed by atoms with Crippen molar-refractivity contribution in [3.05, 3.63) is 60.6 Å². The van der Waals surface area contributed by atoms with Crippen molar-refractivity contribution in [2.24, 2.45) is 0 Å². The minimum atomic E-state index is -0.208. The molecule has 0 bridgehead atoms. The third-order valence-electron chi connectivity index (χ3n) is 3.71. The van der Waals surface area contributed by atoms with Crippen LogP contribution in [0, 0.1) is 0 Å². The van der Waals surface area contributed by atoms with Crippen LogP contribution in [0.1, 0.15) is 26.5 Å². The van der Waals surface area contributed by atoms with Gasteiger partial charge in [-0.05, 0) is 36.4 Å². The van der Waals surface area contributed by atoms with Gasteiger partial charge in [-0.1, -0.05) is 25.9 Å². The molecule has 0 unspecified atom stereocenters. The van der Waals surface area contributed by atoms with Crippen LogP contribution >= 0.6 is 0 Å². The molecule has 0 aliphatic heterocycles. The number of hydrogen-bond acceptors (Lipinski definition) is 6. The summed E-state index contributed by atoms with van der Waals surface area (Å²) in [4.78, 5) is 16.0. The van der Waals surface area contributed by atoms with Gasteiger partial charge in [-0.3, -0.25) is 9.78 Å². The van der Waals surface area contributed by atoms with Crippen LogP contribution in [-0.4, -0.2) is 22.6 Å². The maximum atomic E-state index is 12.1. The summed E-state index contributed by atoms with van der Waals surface area (Å²) in [5.74, 6) is 2.34. The minimum Gasteiger partial charge on any atom is -0.457 e. The molecule has 3 rings (SSSR count). The number of rotatable bonds is 6. The molecule has 0 atom stereocenters. The van der Waals surface area contributed by atoms with Crippen molar-refractivity contribution < 1.29 is 14.1 Å². The van der Waals surface area contributed by atoms with E-state index < -0.39 is 0 Å². The smallest absolute Gasteiger partial charge is 0.244 e. The van der Waals surface area contributed by atoms with Crippen LogP contribution in [0.2, 0.25) is 0 Å². The zero-order valence-electron chi connectivity index (χ0n) is 15.5. The van der Waals surface area contributed by atoms with Crippen molar-refractivity contribution in [1.29, 1.82) is 0 Å². The normalized spacial score (nSPS) is 11.1. The van der Waals surface area contributed by atoms with Gasteiger partial charge in [-0.2, -0.15) is 0 Å². The van der Waals surface area contributed by atoms with Crippen molar-refractivity contribution in [3.8, 4) is 11.5 Å². The van der Waals surface area contributed by atoms with Gasteiger partial charge >= 0.3 is 0 Å². The van der Waals surface area contributed by atoms with Gasteiger partial charge in [0, 0.05) is 29.6 Å². The van der Waals surface area contributed by atoms with Crippen molar-refractivity contribution in [2.75, 3.05) is 17.2 Å². The van der Waals surface area contributed by atoms with Gasteiger partial charge in [0.1, 0.15) is 17.3 Å². The van der Waals surface area contributed by atoms with E-state index in [1.54, 1.807) is 30.6 Å². The van der Waals surface area contributed by atoms with E-state index in [2.05, 4.69) is 20.8 Å². The number of carbonyl (C=O) groups is 1. The topological polar surface area (TPSA) is 89.3 Å². The third-order valence-corrected chi connectivity index (χ3v) is 3.71. The third kappa shape index (κ3) is 5.31. The number of ether oxygens (including phenoxy) is 1. The molecule has 1 aromatic carbocycles. The number of amides is 1. The summed E-state index contributed by atoms with van der Waals surface area (Å²) in [6.45, 7) is 6.16. The molecule has 0 saturated carbocycles. The lowest BCUT2D eigenvalue weighted by Gasteiger charge is -2.12. The molecule has 7 heteroatoms. The number of nitrogens with one attached hydrogen (secondary N) is 2. The number of nitrogens with zero attached hydrogens (tertiary/aromatic N) is 2. The fourth-order valence-electron chi connectivity index (χ4n) is 2.24. The van der Waals surface area contributed by atoms with Gasteiger partial charge in [0.15, 0.2) is 5.82 Å². The maximum Gasteiger partial charge on any atom is 0.244 e. The average Bonchev–Trinajstić information content (AvgIpc) is 3.11. The highest BCUT2D eigenvalue weighted by molar-refractivity contribution is 5.92. The molecule has 2 heterocycles. The molecule has 0 aliphatic carbocycles. The summed E-state index contributed by atoms with van der Waals surface area (Å²) in [6, 6.07) is 12.6. The van der Waals surface area contributed by atoms with E-state index in [0.29, 0.717) is 17.3 Å². The number of aromatic nitrogens is 2. The van der Waals surface area contributed by atoms with E-state index in [1.165, 1.54) is 0 Å². The first-order chi connectivity index (χ1) is 12.9. The van der Waals surface area contributed by atoms with Crippen molar-refractivity contribution >= 4 is 17.4 Å². The number of anilines is 2. The Bertz CT molecular complexity index is 884. The number of benzene rings is 1. The summed E-state index contributed by atoms with van der Waals surface area (Å²) in [5, 5.41) is 9.64. The van der Waals surface area contributed by atoms with E-state index in [1.807, 2.05) is 45.0 Å². The molecule has 0 spiro atoms. The summed E-state index contributed by atoms with van der Waals surface area (Å²) < 4.78 is 11.0. The van der Waals surface area contributed by atoms with E-state index in [0.717, 1.165) is 11.4 Å². The Morgan fingerprint density at radius 2 is 1.74 bits per heavy atom. The van der Waals surface area contributed by atoms with E-state index in [9.17, 15) is 4.79 Å². The predicted octanol–water partition coefficient (Wildman–Crippen LogP) is 4.21. The first-order valence-electron chi connectivity index (χ1n) is 8.59. The Labute approximate surface area is 157 Å². The van der Waals surface area contributed by atoms with Gasteiger partial charge < -0.3 is 19.9 Å². The highest BCUT2D eigenvalue weighted by Crippen LogP contribution is 2.24. The van der Waals surface area contributed by atoms with Crippen LogP contribution in [0.3, 0.4) is 0 Å². The van der Waals surface area contributed by atoms with Crippen LogP contribution in [0.5, 0.6) is 11.5 Å². The molecule has 3 aromatic rings. The Hall–Kier alpha value is -3.35. The fourth-order valence-corrected chi connectivity index (χ4v) is 2.24. The molecular weight excluding hydrogens is 344 g/mol. The first kappa shape index (κ1) is 18.4. The van der Waals surface area contributed by atoms with Crippen LogP contribution in [-0.2, 0) is 10.2 Å². The minimum absolute atomic E-state index is 0.113. The SMILES string of the molecule is CC(C)(C)c1cc(NC(=O)CNc2ccc(Oc3ccncc3)cc2)no1. The van der Waals surface area contributed by atoms with E-state index in [4.69, 9.17) is 9.26 Å². The molecular formula is C20H22N4O3. The predicted molar refractivity (Wildman–Crippen MR) is 103 cm³/mol. The molecule has 2 aromatic heterocycles. The zero-order valence-corrected chi connectivity index (χ0v) is 15.5. The standard InChI is InChI=1S/C20H22N4O3/c1-20(2,3)17-12-18(24-27-17)23-19(25)13-22-14-4-6-15(7-5-14)26-16-8-10-21-11-9-16/h4-12,22H,13H2,1-3H3,(H,23,24,25). The Balaban J connectivity index is 1.49. The lowest BCUT2D eigenvalue weighted by molar-refractivity contribution is -0.114. The second-order valence-corrected chi connectivity index (χ2v) is 7.04. The largest absolute Gasteiger partial charge is 0.457 e. The van der Waals surface area contributed by atoms with E-state index in [-0.39, 0.29) is 17.9 Å². The van der Waals surface area contributed by atoms with Crippen LogP contribution in [0.25, 0.3) is 0 Å². The highest BCUT2D eigenvalue weighted by Gasteiger charge is 2.20. The van der Waals surface area contributed by atoms with Crippen LogP contribution in [0.4, 0.5) is 11.5 Å². The monoisotopic (exact) mass is 366 g/mol. The summed E-state index contributed by atoms with van der Waals surface area (Å²) in [5.41, 5.74) is 0.650. The van der Waals surface area contributed by atoms with Crippen molar-refractivity contribution in [3.63, 3.8) is 0 Å². The zero-order chi connectivity index (χ0) is 19.3. The molecule has 0 aliphatic rings. The summed E-state index contributed by atoms with van der Waals surface area (Å²) >= 11 is 0.